The molecule has 1 aromatic rings. The molecule has 1 heterocycles. The molecule has 0 radical (unpaired) electrons. The minimum Gasteiger partial charge on any atom is -0.494 e. The molecule has 3 nitrogen and oxygen atoms in total. The number of Topliss-reactive ketones (excluding diaryl/α,β-unsaturated/α-hetero) is 1. The zero-order chi connectivity index (χ0) is 14.2. The average molecular weight is 312 g/mol. The van der Waals surface area contributed by atoms with Gasteiger partial charge in [-0.2, -0.15) is 0 Å². The zero-order valence-electron chi connectivity index (χ0n) is 12.8. The van der Waals surface area contributed by atoms with Crippen molar-refractivity contribution in [3.8, 4) is 5.75 Å². The van der Waals surface area contributed by atoms with Crippen molar-refractivity contribution >= 4 is 18.2 Å². The summed E-state index contributed by atoms with van der Waals surface area (Å²) < 4.78 is 5.53. The van der Waals surface area contributed by atoms with Gasteiger partial charge in [0, 0.05) is 18.5 Å². The first-order valence-electron chi connectivity index (χ1n) is 7.78. The lowest BCUT2D eigenvalue weighted by molar-refractivity contribution is 0.0958. The van der Waals surface area contributed by atoms with Crippen LogP contribution in [0.3, 0.4) is 0 Å². The lowest BCUT2D eigenvalue weighted by Gasteiger charge is -2.25. The Morgan fingerprint density at radius 3 is 2.43 bits per heavy atom. The fourth-order valence-electron chi connectivity index (χ4n) is 2.54. The summed E-state index contributed by atoms with van der Waals surface area (Å²) in [6, 6.07) is 7.54. The maximum atomic E-state index is 12.1. The molecule has 2 rings (SSSR count). The summed E-state index contributed by atoms with van der Waals surface area (Å²) in [5.74, 6) is 1.08. The molecule has 0 unspecified atom stereocenters. The number of ether oxygens (including phenoxy) is 1. The third-order valence-electron chi connectivity index (χ3n) is 3.75. The standard InChI is InChI=1S/C17H25NO2.ClH/c1-2-14-20-16-8-6-15(7-9-16)17(19)10-13-18-11-4-3-5-12-18;/h6-9H,2-5,10-14H2,1H3;1H. The molecule has 1 saturated heterocycles. The fourth-order valence-corrected chi connectivity index (χ4v) is 2.54. The quantitative estimate of drug-likeness (QED) is 0.714. The number of ketones is 1. The van der Waals surface area contributed by atoms with Crippen LogP contribution >= 0.6 is 12.4 Å². The molecule has 4 heteroatoms. The molecular weight excluding hydrogens is 286 g/mol. The van der Waals surface area contributed by atoms with E-state index < -0.39 is 0 Å². The number of hydrogen-bond acceptors (Lipinski definition) is 3. The van der Waals surface area contributed by atoms with Crippen molar-refractivity contribution in [3.05, 3.63) is 29.8 Å². The lowest BCUT2D eigenvalue weighted by atomic mass is 10.1. The van der Waals surface area contributed by atoms with E-state index in [1.165, 1.54) is 19.3 Å². The van der Waals surface area contributed by atoms with Crippen LogP contribution in [0.2, 0.25) is 0 Å². The maximum absolute atomic E-state index is 12.1. The van der Waals surface area contributed by atoms with E-state index in [2.05, 4.69) is 11.8 Å². The number of likely N-dealkylation sites (tertiary alicyclic amines) is 1. The summed E-state index contributed by atoms with van der Waals surface area (Å²) in [4.78, 5) is 14.5. The highest BCUT2D eigenvalue weighted by Gasteiger charge is 2.12. The van der Waals surface area contributed by atoms with E-state index in [-0.39, 0.29) is 18.2 Å². The van der Waals surface area contributed by atoms with E-state index in [4.69, 9.17) is 4.74 Å². The van der Waals surface area contributed by atoms with Gasteiger partial charge in [-0.05, 0) is 56.6 Å². The van der Waals surface area contributed by atoms with Crippen LogP contribution < -0.4 is 4.74 Å². The Balaban J connectivity index is 0.00000220. The zero-order valence-corrected chi connectivity index (χ0v) is 13.7. The molecule has 1 aliphatic heterocycles. The highest BCUT2D eigenvalue weighted by Crippen LogP contribution is 2.15. The summed E-state index contributed by atoms with van der Waals surface area (Å²) in [7, 11) is 0. The van der Waals surface area contributed by atoms with Gasteiger partial charge in [0.15, 0.2) is 5.78 Å². The van der Waals surface area contributed by atoms with Gasteiger partial charge < -0.3 is 9.64 Å². The highest BCUT2D eigenvalue weighted by atomic mass is 35.5. The van der Waals surface area contributed by atoms with Gasteiger partial charge >= 0.3 is 0 Å². The van der Waals surface area contributed by atoms with Crippen LogP contribution in [0.4, 0.5) is 0 Å². The second kappa shape index (κ2) is 9.80. The number of carbonyl (C=O) groups excluding carboxylic acids is 1. The molecule has 0 saturated carbocycles. The van der Waals surface area contributed by atoms with Crippen molar-refractivity contribution in [1.82, 2.24) is 4.90 Å². The van der Waals surface area contributed by atoms with Crippen LogP contribution in [-0.2, 0) is 0 Å². The molecule has 1 aliphatic rings. The van der Waals surface area contributed by atoms with E-state index >= 15 is 0 Å². The molecule has 21 heavy (non-hydrogen) atoms. The largest absolute Gasteiger partial charge is 0.494 e. The topological polar surface area (TPSA) is 29.5 Å². The van der Waals surface area contributed by atoms with Crippen molar-refractivity contribution in [3.63, 3.8) is 0 Å². The Bertz CT molecular complexity index is 413. The Labute approximate surface area is 134 Å². The molecule has 0 aliphatic carbocycles. The Morgan fingerprint density at radius 2 is 1.81 bits per heavy atom. The third kappa shape index (κ3) is 6.06. The number of rotatable bonds is 7. The van der Waals surface area contributed by atoms with Crippen LogP contribution in [-0.4, -0.2) is 36.9 Å². The van der Waals surface area contributed by atoms with Gasteiger partial charge in [0.05, 0.1) is 6.61 Å². The van der Waals surface area contributed by atoms with Gasteiger partial charge in [0.25, 0.3) is 0 Å². The molecule has 0 aromatic heterocycles. The highest BCUT2D eigenvalue weighted by molar-refractivity contribution is 5.96. The summed E-state index contributed by atoms with van der Waals surface area (Å²) in [5, 5.41) is 0. The summed E-state index contributed by atoms with van der Waals surface area (Å²) in [5.41, 5.74) is 0.797. The van der Waals surface area contributed by atoms with Crippen molar-refractivity contribution in [2.75, 3.05) is 26.2 Å². The first-order chi connectivity index (χ1) is 9.79. The fraction of sp³-hybridized carbons (Fsp3) is 0.588. The first kappa shape index (κ1) is 18.0. The molecule has 0 bridgehead atoms. The maximum Gasteiger partial charge on any atom is 0.164 e. The average Bonchev–Trinajstić information content (AvgIpc) is 2.52. The Hall–Kier alpha value is -1.06. The summed E-state index contributed by atoms with van der Waals surface area (Å²) in [6.45, 7) is 6.00. The van der Waals surface area contributed by atoms with Crippen molar-refractivity contribution < 1.29 is 9.53 Å². The molecular formula is C17H26ClNO2. The molecule has 1 aromatic carbocycles. The Kier molecular flexibility index (Phi) is 8.40. The second-order valence-corrected chi connectivity index (χ2v) is 5.45. The monoisotopic (exact) mass is 311 g/mol. The first-order valence-corrected chi connectivity index (χ1v) is 7.78. The van der Waals surface area contributed by atoms with Crippen LogP contribution in [0.15, 0.2) is 24.3 Å². The lowest BCUT2D eigenvalue weighted by Crippen LogP contribution is -2.31. The number of piperidine rings is 1. The molecule has 0 atom stereocenters. The normalized spacial score (nSPS) is 15.3. The number of nitrogens with zero attached hydrogens (tertiary/aromatic N) is 1. The minimum absolute atomic E-state index is 0. The van der Waals surface area contributed by atoms with Gasteiger partial charge in [0.2, 0.25) is 0 Å². The molecule has 1 fully saturated rings. The molecule has 0 spiro atoms. The van der Waals surface area contributed by atoms with Crippen molar-refractivity contribution in [2.24, 2.45) is 0 Å². The smallest absolute Gasteiger partial charge is 0.164 e. The van der Waals surface area contributed by atoms with Crippen molar-refractivity contribution in [2.45, 2.75) is 39.0 Å². The second-order valence-electron chi connectivity index (χ2n) is 5.45. The van der Waals surface area contributed by atoms with E-state index in [9.17, 15) is 4.79 Å². The number of benzene rings is 1. The summed E-state index contributed by atoms with van der Waals surface area (Å²) >= 11 is 0. The number of hydrogen-bond donors (Lipinski definition) is 0. The van der Waals surface area contributed by atoms with E-state index in [1.54, 1.807) is 0 Å². The van der Waals surface area contributed by atoms with Gasteiger partial charge in [0.1, 0.15) is 5.75 Å². The van der Waals surface area contributed by atoms with E-state index in [0.29, 0.717) is 6.42 Å². The summed E-state index contributed by atoms with van der Waals surface area (Å²) in [6.07, 6.45) is 5.50. The van der Waals surface area contributed by atoms with E-state index in [0.717, 1.165) is 44.0 Å². The van der Waals surface area contributed by atoms with Gasteiger partial charge in [-0.3, -0.25) is 4.79 Å². The van der Waals surface area contributed by atoms with Crippen LogP contribution in [0, 0.1) is 0 Å². The van der Waals surface area contributed by atoms with E-state index in [1.807, 2.05) is 24.3 Å². The predicted molar refractivity (Wildman–Crippen MR) is 88.7 cm³/mol. The Morgan fingerprint density at radius 1 is 1.14 bits per heavy atom. The van der Waals surface area contributed by atoms with Gasteiger partial charge in [-0.1, -0.05) is 13.3 Å². The molecule has 0 amide bonds. The minimum atomic E-state index is 0. The van der Waals surface area contributed by atoms with Crippen molar-refractivity contribution in [1.29, 1.82) is 0 Å². The SMILES string of the molecule is CCCOc1ccc(C(=O)CCN2CCCCC2)cc1.Cl. The number of carbonyl (C=O) groups is 1. The third-order valence-corrected chi connectivity index (χ3v) is 3.75. The number of halogens is 1. The van der Waals surface area contributed by atoms with Crippen LogP contribution in [0.1, 0.15) is 49.4 Å². The van der Waals surface area contributed by atoms with Gasteiger partial charge in [-0.25, -0.2) is 0 Å². The van der Waals surface area contributed by atoms with Crippen LogP contribution in [0.5, 0.6) is 5.75 Å². The van der Waals surface area contributed by atoms with Crippen LogP contribution in [0.25, 0.3) is 0 Å². The van der Waals surface area contributed by atoms with Gasteiger partial charge in [-0.15, -0.1) is 12.4 Å². The predicted octanol–water partition coefficient (Wildman–Crippen LogP) is 3.96. The molecule has 118 valence electrons. The molecule has 0 N–H and O–H groups in total.